The predicted molar refractivity (Wildman–Crippen MR) is 506 cm³/mol. The smallest absolute Gasteiger partial charge is 0.0555 e. The van der Waals surface area contributed by atoms with Gasteiger partial charge in [0.25, 0.3) is 0 Å². The highest BCUT2D eigenvalue weighted by Gasteiger charge is 2.38. The number of nitrogens with zero attached hydrogens (tertiary/aromatic N) is 4. The van der Waals surface area contributed by atoms with Crippen LogP contribution >= 0.6 is 22.7 Å². The van der Waals surface area contributed by atoms with E-state index in [0.717, 1.165) is 34.1 Å². The van der Waals surface area contributed by atoms with Crippen molar-refractivity contribution in [3.05, 3.63) is 423 Å². The summed E-state index contributed by atoms with van der Waals surface area (Å²) >= 11 is 3.80. The average Bonchev–Trinajstić information content (AvgIpc) is 1.57. The van der Waals surface area contributed by atoms with Crippen LogP contribution in [0.3, 0.4) is 0 Å². The molecule has 2 aliphatic carbocycles. The quantitative estimate of drug-likeness (QED) is 0.128. The van der Waals surface area contributed by atoms with E-state index in [-0.39, 0.29) is 10.8 Å². The summed E-state index contributed by atoms with van der Waals surface area (Å²) in [6, 6.07) is 148. The molecule has 558 valence electrons. The number of fused-ring (bicyclic) bond motifs is 21. The Morgan fingerprint density at radius 1 is 0.220 bits per heavy atom. The van der Waals surface area contributed by atoms with Crippen molar-refractivity contribution in [2.75, 3.05) is 9.80 Å². The molecule has 0 spiro atoms. The van der Waals surface area contributed by atoms with Crippen LogP contribution in [0.1, 0.15) is 49.9 Å². The minimum atomic E-state index is -0.0989. The summed E-state index contributed by atoms with van der Waals surface area (Å²) in [5.74, 6) is 0. The molecular weight excluding hydrogens is 1470 g/mol. The summed E-state index contributed by atoms with van der Waals surface area (Å²) in [6.07, 6.45) is 0. The Bertz CT molecular complexity index is 7780. The minimum Gasteiger partial charge on any atom is -0.310 e. The van der Waals surface area contributed by atoms with E-state index >= 15 is 0 Å². The first-order valence-electron chi connectivity index (χ1n) is 40.8. The molecule has 0 radical (unpaired) electrons. The number of rotatable bonds is 11. The van der Waals surface area contributed by atoms with Crippen molar-refractivity contribution in [3.63, 3.8) is 0 Å². The van der Waals surface area contributed by atoms with Gasteiger partial charge in [0.2, 0.25) is 0 Å². The molecule has 4 heterocycles. The Morgan fingerprint density at radius 3 is 1.03 bits per heavy atom. The third-order valence-electron chi connectivity index (χ3n) is 25.4. The molecule has 0 bridgehead atoms. The summed E-state index contributed by atoms with van der Waals surface area (Å²) in [5, 5.41) is 12.9. The number of thiophene rings is 2. The molecule has 22 aromatic rings. The van der Waals surface area contributed by atoms with Crippen LogP contribution in [0, 0.1) is 0 Å². The average molecular weight is 1540 g/mol. The third-order valence-corrected chi connectivity index (χ3v) is 27.8. The van der Waals surface area contributed by atoms with Crippen LogP contribution in [0.2, 0.25) is 0 Å². The lowest BCUT2D eigenvalue weighted by atomic mass is 9.82. The van der Waals surface area contributed by atoms with Crippen molar-refractivity contribution in [2.24, 2.45) is 0 Å². The highest BCUT2D eigenvalue weighted by Crippen LogP contribution is 2.55. The highest BCUT2D eigenvalue weighted by molar-refractivity contribution is 7.27. The first-order chi connectivity index (χ1) is 58.0. The number of benzene rings is 18. The highest BCUT2D eigenvalue weighted by atomic mass is 32.1. The second-order valence-corrected chi connectivity index (χ2v) is 34.8. The molecule has 2 aliphatic rings. The van der Waals surface area contributed by atoms with Gasteiger partial charge < -0.3 is 18.9 Å². The zero-order valence-corrected chi connectivity index (χ0v) is 67.3. The van der Waals surface area contributed by atoms with Gasteiger partial charge in [-0.1, -0.05) is 282 Å². The Hall–Kier alpha value is -14.1. The van der Waals surface area contributed by atoms with E-state index in [9.17, 15) is 0 Å². The van der Waals surface area contributed by atoms with Crippen LogP contribution < -0.4 is 9.80 Å². The van der Waals surface area contributed by atoms with Crippen molar-refractivity contribution in [1.82, 2.24) is 9.13 Å². The lowest BCUT2D eigenvalue weighted by Gasteiger charge is -2.28. The lowest BCUT2D eigenvalue weighted by Crippen LogP contribution is -2.16. The standard InChI is InChI=1S/C57H40N2S.C55H38N2S/c1-57(2)50-19-11-9-17-45(50)46-31-30-44(36-51(46)57)58(42-26-21-38(22-27-42)37-13-5-3-6-14-37)43-28-23-39(24-29-43)40-25-33-52-49(35-40)55-53(59(52)41-15-7-4-8-16-41)34-32-48-47-18-10-12-20-54(47)60-56(48)55;1-55(2)48-18-10-8-16-43(48)44-28-27-42(34-49(44)55)56(41-26-22-35-12-6-7-13-37(35)32-41)40-24-20-36(21-25-40)38-23-30-50-47(33-38)53-51(57(50)39-14-4-3-5-15-39)31-29-46-45-17-9-11-19-52(45)58-54(46)53/h3-36H,1-2H3;3-34H,1-2H3. The fourth-order valence-corrected chi connectivity index (χ4v) is 22.1. The Balaban J connectivity index is 0.000000138. The summed E-state index contributed by atoms with van der Waals surface area (Å²) in [5.41, 5.74) is 31.9. The van der Waals surface area contributed by atoms with E-state index in [4.69, 9.17) is 0 Å². The van der Waals surface area contributed by atoms with Gasteiger partial charge in [0, 0.05) is 118 Å². The molecule has 0 aliphatic heterocycles. The maximum atomic E-state index is 2.43. The van der Waals surface area contributed by atoms with Crippen molar-refractivity contribution in [1.29, 1.82) is 0 Å². The zero-order valence-electron chi connectivity index (χ0n) is 65.7. The Labute approximate surface area is 693 Å². The third kappa shape index (κ3) is 11.1. The second kappa shape index (κ2) is 27.3. The van der Waals surface area contributed by atoms with E-state index in [1.54, 1.807) is 0 Å². The minimum absolute atomic E-state index is 0.0927. The summed E-state index contributed by atoms with van der Waals surface area (Å²) in [7, 11) is 0. The molecule has 0 unspecified atom stereocenters. The van der Waals surface area contributed by atoms with Gasteiger partial charge in [-0.05, 0) is 234 Å². The van der Waals surface area contributed by atoms with Crippen LogP contribution in [-0.4, -0.2) is 9.13 Å². The molecule has 0 atom stereocenters. The first kappa shape index (κ1) is 69.4. The Kier molecular flexibility index (Phi) is 16.0. The van der Waals surface area contributed by atoms with E-state index < -0.39 is 0 Å². The molecule has 18 aromatic carbocycles. The molecular formula is C112H78N4S2. The zero-order chi connectivity index (χ0) is 78.5. The summed E-state index contributed by atoms with van der Waals surface area (Å²) in [4.78, 5) is 4.83. The number of aromatic nitrogens is 2. The fraction of sp³-hybridized carbons (Fsp3) is 0.0536. The SMILES string of the molecule is CC1(C)c2ccccc2-c2ccc(N(c3ccc(-c4ccc5c(c4)c4c6sc7ccccc7c6ccc4n5-c4ccccc4)cc3)c3ccc4ccccc4c3)cc21.CC1(C)c2ccccc2-c2ccc(N(c3ccc(-c4ccccc4)cc3)c3ccc(-c4ccc5c(c4)c4c6sc7ccccc7c6ccc4n5-c4ccccc4)cc3)cc21. The molecule has 0 saturated heterocycles. The van der Waals surface area contributed by atoms with Gasteiger partial charge in [0.1, 0.15) is 0 Å². The normalized spacial score (nSPS) is 13.1. The number of hydrogen-bond acceptors (Lipinski definition) is 4. The molecule has 0 saturated carbocycles. The lowest BCUT2D eigenvalue weighted by molar-refractivity contribution is 0.660. The van der Waals surface area contributed by atoms with E-state index in [0.29, 0.717) is 0 Å². The molecule has 0 N–H and O–H groups in total. The van der Waals surface area contributed by atoms with Crippen LogP contribution in [0.15, 0.2) is 400 Å². The van der Waals surface area contributed by atoms with Crippen molar-refractivity contribution in [3.8, 4) is 67.0 Å². The molecule has 24 rings (SSSR count). The molecule has 4 nitrogen and oxygen atoms in total. The van der Waals surface area contributed by atoms with Gasteiger partial charge in [-0.15, -0.1) is 22.7 Å². The van der Waals surface area contributed by atoms with Gasteiger partial charge >= 0.3 is 0 Å². The predicted octanol–water partition coefficient (Wildman–Crippen LogP) is 32.0. The monoisotopic (exact) mass is 1540 g/mol. The topological polar surface area (TPSA) is 16.3 Å². The maximum absolute atomic E-state index is 2.43. The van der Waals surface area contributed by atoms with Crippen molar-refractivity contribution < 1.29 is 0 Å². The Morgan fingerprint density at radius 2 is 0.559 bits per heavy atom. The fourth-order valence-electron chi connectivity index (χ4n) is 19.6. The number of para-hydroxylation sites is 2. The van der Waals surface area contributed by atoms with Gasteiger partial charge in [-0.25, -0.2) is 0 Å². The van der Waals surface area contributed by atoms with E-state index in [1.165, 1.54) is 184 Å². The number of hydrogen-bond donors (Lipinski definition) is 0. The largest absolute Gasteiger partial charge is 0.310 e. The van der Waals surface area contributed by atoms with Gasteiger partial charge in [0.15, 0.2) is 0 Å². The van der Waals surface area contributed by atoms with Gasteiger partial charge in [0.05, 0.1) is 22.1 Å². The van der Waals surface area contributed by atoms with Crippen LogP contribution in [-0.2, 0) is 10.8 Å². The molecule has 4 aromatic heterocycles. The van der Waals surface area contributed by atoms with Gasteiger partial charge in [-0.2, -0.15) is 0 Å². The summed E-state index contributed by atoms with van der Waals surface area (Å²) in [6.45, 7) is 9.43. The van der Waals surface area contributed by atoms with Crippen molar-refractivity contribution in [2.45, 2.75) is 38.5 Å². The van der Waals surface area contributed by atoms with Gasteiger partial charge in [-0.3, -0.25) is 0 Å². The van der Waals surface area contributed by atoms with Crippen molar-refractivity contribution >= 4 is 152 Å². The second-order valence-electron chi connectivity index (χ2n) is 32.7. The summed E-state index contributed by atoms with van der Waals surface area (Å²) < 4.78 is 10.2. The first-order valence-corrected chi connectivity index (χ1v) is 42.5. The number of anilines is 6. The van der Waals surface area contributed by atoms with E-state index in [2.05, 4.69) is 447 Å². The molecule has 0 fully saturated rings. The van der Waals surface area contributed by atoms with Crippen LogP contribution in [0.4, 0.5) is 34.1 Å². The van der Waals surface area contributed by atoms with Crippen LogP contribution in [0.5, 0.6) is 0 Å². The maximum Gasteiger partial charge on any atom is 0.0555 e. The molecule has 118 heavy (non-hydrogen) atoms. The van der Waals surface area contributed by atoms with Crippen LogP contribution in [0.25, 0.3) is 162 Å². The molecule has 0 amide bonds. The molecule has 6 heteroatoms. The van der Waals surface area contributed by atoms with E-state index in [1.807, 2.05) is 22.7 Å².